The Morgan fingerprint density at radius 2 is 1.85 bits per heavy atom. The molecule has 0 aromatic carbocycles. The molecule has 7 heteroatoms. The van der Waals surface area contributed by atoms with E-state index in [-0.39, 0.29) is 26.2 Å². The number of ether oxygens (including phenoxy) is 4. The second-order valence-corrected chi connectivity index (χ2v) is 4.82. The molecule has 20 heavy (non-hydrogen) atoms. The lowest BCUT2D eigenvalue weighted by Crippen LogP contribution is -2.47. The normalized spacial score (nSPS) is 32.2. The average Bonchev–Trinajstić information content (AvgIpc) is 2.82. The summed E-state index contributed by atoms with van der Waals surface area (Å²) in [5.41, 5.74) is 0. The Balaban J connectivity index is 2.16. The molecule has 0 radical (unpaired) electrons. The zero-order chi connectivity index (χ0) is 14.7. The summed E-state index contributed by atoms with van der Waals surface area (Å²) in [6, 6.07) is 0. The first-order valence-electron chi connectivity index (χ1n) is 6.86. The van der Waals surface area contributed by atoms with Crippen LogP contribution in [0.3, 0.4) is 0 Å². The third-order valence-electron chi connectivity index (χ3n) is 3.55. The van der Waals surface area contributed by atoms with Gasteiger partial charge in [0.05, 0.1) is 25.9 Å². The molecule has 0 spiro atoms. The molecule has 0 aliphatic carbocycles. The summed E-state index contributed by atoms with van der Waals surface area (Å²) in [5, 5.41) is 9.88. The van der Waals surface area contributed by atoms with Crippen LogP contribution in [-0.4, -0.2) is 55.4 Å². The minimum absolute atomic E-state index is 0.175. The molecule has 1 N–H and O–H groups in total. The van der Waals surface area contributed by atoms with Crippen molar-refractivity contribution in [3.05, 3.63) is 0 Å². The molecule has 2 fully saturated rings. The van der Waals surface area contributed by atoms with E-state index in [1.165, 1.54) is 0 Å². The maximum Gasteiger partial charge on any atom is 0.320 e. The molecule has 114 valence electrons. The minimum atomic E-state index is -1.09. The minimum Gasteiger partial charge on any atom is -0.465 e. The van der Waals surface area contributed by atoms with Gasteiger partial charge in [0.15, 0.2) is 12.2 Å². The van der Waals surface area contributed by atoms with Crippen molar-refractivity contribution in [2.45, 2.75) is 38.8 Å². The summed E-state index contributed by atoms with van der Waals surface area (Å²) in [6.07, 6.45) is -1.67. The number of aliphatic hydroxyl groups is 1. The third-order valence-corrected chi connectivity index (χ3v) is 3.55. The van der Waals surface area contributed by atoms with Gasteiger partial charge in [-0.1, -0.05) is 0 Å². The Labute approximate surface area is 117 Å². The highest BCUT2D eigenvalue weighted by Gasteiger charge is 2.51. The smallest absolute Gasteiger partial charge is 0.320 e. The van der Waals surface area contributed by atoms with Crippen molar-refractivity contribution in [2.75, 3.05) is 19.8 Å². The van der Waals surface area contributed by atoms with Gasteiger partial charge < -0.3 is 24.1 Å². The summed E-state index contributed by atoms with van der Waals surface area (Å²) in [5.74, 6) is -2.87. The van der Waals surface area contributed by atoms with E-state index in [0.717, 1.165) is 0 Å². The average molecular weight is 288 g/mol. The van der Waals surface area contributed by atoms with Gasteiger partial charge >= 0.3 is 11.9 Å². The van der Waals surface area contributed by atoms with Gasteiger partial charge in [0.25, 0.3) is 0 Å². The molecule has 2 heterocycles. The van der Waals surface area contributed by atoms with Gasteiger partial charge in [0.2, 0.25) is 0 Å². The van der Waals surface area contributed by atoms with Crippen LogP contribution < -0.4 is 0 Å². The van der Waals surface area contributed by atoms with Crippen LogP contribution in [0.25, 0.3) is 0 Å². The third kappa shape index (κ3) is 2.94. The highest BCUT2D eigenvalue weighted by Crippen LogP contribution is 2.37. The number of rotatable bonds is 5. The molecule has 2 bridgehead atoms. The van der Waals surface area contributed by atoms with E-state index in [1.807, 2.05) is 0 Å². The molecule has 0 saturated carbocycles. The van der Waals surface area contributed by atoms with Crippen LogP contribution in [0.2, 0.25) is 0 Å². The van der Waals surface area contributed by atoms with Crippen LogP contribution in [-0.2, 0) is 28.5 Å². The van der Waals surface area contributed by atoms with Gasteiger partial charge in [-0.15, -0.1) is 0 Å². The maximum absolute atomic E-state index is 12.0. The molecule has 2 saturated heterocycles. The van der Waals surface area contributed by atoms with Gasteiger partial charge in [0, 0.05) is 5.92 Å². The monoisotopic (exact) mass is 288 g/mol. The molecule has 0 aromatic rings. The van der Waals surface area contributed by atoms with Crippen LogP contribution in [0.1, 0.15) is 20.3 Å². The van der Waals surface area contributed by atoms with Gasteiger partial charge in [-0.05, 0) is 20.3 Å². The second kappa shape index (κ2) is 6.51. The number of carbonyl (C=O) groups excluding carboxylic acids is 2. The van der Waals surface area contributed by atoms with Crippen molar-refractivity contribution in [2.24, 2.45) is 11.8 Å². The largest absolute Gasteiger partial charge is 0.465 e. The Morgan fingerprint density at radius 3 is 2.40 bits per heavy atom. The quantitative estimate of drug-likeness (QED) is 0.555. The number of hydrogen-bond acceptors (Lipinski definition) is 7. The van der Waals surface area contributed by atoms with E-state index in [4.69, 9.17) is 18.9 Å². The standard InChI is InChI=1S/C13H20O7/c1-3-17-11(15)10(12(16)18-4-2)7-5-8(14)13-19-6-9(7)20-13/h7-10,13-14H,3-6H2,1-2H3/t7-,8?,9-,13+/m0/s1. The van der Waals surface area contributed by atoms with E-state index < -0.39 is 42.3 Å². The Hall–Kier alpha value is -1.18. The fourth-order valence-electron chi connectivity index (χ4n) is 2.67. The molecule has 0 aromatic heterocycles. The van der Waals surface area contributed by atoms with Crippen LogP contribution in [0.15, 0.2) is 0 Å². The highest BCUT2D eigenvalue weighted by atomic mass is 16.7. The summed E-state index contributed by atoms with van der Waals surface area (Å²) in [4.78, 5) is 24.1. The molecule has 2 aliphatic rings. The number of aliphatic hydroxyl groups excluding tert-OH is 1. The summed E-state index contributed by atoms with van der Waals surface area (Å²) < 4.78 is 20.6. The van der Waals surface area contributed by atoms with Crippen molar-refractivity contribution < 1.29 is 33.6 Å². The van der Waals surface area contributed by atoms with E-state index in [0.29, 0.717) is 0 Å². The molecule has 2 rings (SSSR count). The first-order valence-corrected chi connectivity index (χ1v) is 6.86. The zero-order valence-corrected chi connectivity index (χ0v) is 11.6. The van der Waals surface area contributed by atoms with Crippen LogP contribution in [0.5, 0.6) is 0 Å². The van der Waals surface area contributed by atoms with E-state index in [9.17, 15) is 14.7 Å². The van der Waals surface area contributed by atoms with Gasteiger partial charge in [-0.2, -0.15) is 0 Å². The summed E-state index contributed by atoms with van der Waals surface area (Å²) in [7, 11) is 0. The van der Waals surface area contributed by atoms with Gasteiger partial charge in [-0.3, -0.25) is 9.59 Å². The lowest BCUT2D eigenvalue weighted by atomic mass is 9.82. The fourth-order valence-corrected chi connectivity index (χ4v) is 2.67. The molecular formula is C13H20O7. The lowest BCUT2D eigenvalue weighted by Gasteiger charge is -2.33. The molecule has 1 unspecified atom stereocenters. The number of fused-ring (bicyclic) bond motifs is 2. The fraction of sp³-hybridized carbons (Fsp3) is 0.846. The number of hydrogen-bond donors (Lipinski definition) is 1. The Bertz CT molecular complexity index is 352. The molecular weight excluding hydrogens is 268 g/mol. The van der Waals surface area contributed by atoms with Gasteiger partial charge in [0.1, 0.15) is 6.10 Å². The highest BCUT2D eigenvalue weighted by molar-refractivity contribution is 5.95. The van der Waals surface area contributed by atoms with Crippen molar-refractivity contribution in [3.8, 4) is 0 Å². The van der Waals surface area contributed by atoms with E-state index in [1.54, 1.807) is 13.8 Å². The Morgan fingerprint density at radius 1 is 1.25 bits per heavy atom. The first-order chi connectivity index (χ1) is 9.58. The SMILES string of the molecule is CCOC(=O)C(C(=O)OCC)[C@H]1CC(O)[C@@H]2OC[C@@H]1O2. The van der Waals surface area contributed by atoms with Crippen LogP contribution >= 0.6 is 0 Å². The van der Waals surface area contributed by atoms with Crippen molar-refractivity contribution in [1.82, 2.24) is 0 Å². The zero-order valence-electron chi connectivity index (χ0n) is 11.6. The molecule has 0 amide bonds. The van der Waals surface area contributed by atoms with Crippen molar-refractivity contribution in [3.63, 3.8) is 0 Å². The van der Waals surface area contributed by atoms with E-state index in [2.05, 4.69) is 0 Å². The number of carbonyl (C=O) groups is 2. The topological polar surface area (TPSA) is 91.3 Å². The Kier molecular flexibility index (Phi) is 4.95. The molecule has 2 aliphatic heterocycles. The predicted molar refractivity (Wildman–Crippen MR) is 65.5 cm³/mol. The molecule has 4 atom stereocenters. The lowest BCUT2D eigenvalue weighted by molar-refractivity contribution is -0.188. The molecule has 7 nitrogen and oxygen atoms in total. The second-order valence-electron chi connectivity index (χ2n) is 4.82. The van der Waals surface area contributed by atoms with Crippen LogP contribution in [0.4, 0.5) is 0 Å². The van der Waals surface area contributed by atoms with E-state index >= 15 is 0 Å². The van der Waals surface area contributed by atoms with Crippen molar-refractivity contribution >= 4 is 11.9 Å². The first kappa shape index (κ1) is 15.2. The summed E-state index contributed by atoms with van der Waals surface area (Å²) in [6.45, 7) is 3.94. The number of esters is 2. The summed E-state index contributed by atoms with van der Waals surface area (Å²) >= 11 is 0. The van der Waals surface area contributed by atoms with Gasteiger partial charge in [-0.25, -0.2) is 0 Å². The van der Waals surface area contributed by atoms with Crippen LogP contribution in [0, 0.1) is 11.8 Å². The predicted octanol–water partition coefficient (Wildman–Crippen LogP) is -0.149. The van der Waals surface area contributed by atoms with Crippen molar-refractivity contribution in [1.29, 1.82) is 0 Å². The maximum atomic E-state index is 12.0.